The number of furan rings is 1. The minimum Gasteiger partial charge on any atom is -0.482 e. The van der Waals surface area contributed by atoms with Crippen molar-refractivity contribution in [2.75, 3.05) is 11.9 Å². The molecule has 0 radical (unpaired) electrons. The molecule has 0 aliphatic carbocycles. The molecule has 0 fully saturated rings. The average molecular weight is 431 g/mol. The molecule has 1 aromatic carbocycles. The van der Waals surface area contributed by atoms with Gasteiger partial charge < -0.3 is 19.8 Å². The van der Waals surface area contributed by atoms with E-state index in [1.54, 1.807) is 42.3 Å². The number of hydrogen-bond donors (Lipinski definition) is 2. The number of fused-ring (bicyclic) bond motifs is 2. The van der Waals surface area contributed by atoms with E-state index in [1.165, 1.54) is 0 Å². The molecule has 1 aliphatic heterocycles. The van der Waals surface area contributed by atoms with Gasteiger partial charge >= 0.3 is 0 Å². The molecule has 0 spiro atoms. The van der Waals surface area contributed by atoms with Crippen molar-refractivity contribution in [2.45, 2.75) is 19.9 Å². The average Bonchev–Trinajstić information content (AvgIpc) is 3.41. The van der Waals surface area contributed by atoms with E-state index in [1.807, 2.05) is 26.0 Å². The summed E-state index contributed by atoms with van der Waals surface area (Å²) in [5, 5.41) is 11.0. The van der Waals surface area contributed by atoms with Crippen LogP contribution in [0.4, 0.5) is 5.69 Å². The minimum atomic E-state index is -0.320. The molecular weight excluding hydrogens is 410 g/mol. The van der Waals surface area contributed by atoms with Gasteiger partial charge in [0.05, 0.1) is 34.6 Å². The van der Waals surface area contributed by atoms with Crippen molar-refractivity contribution in [3.63, 3.8) is 0 Å². The lowest BCUT2D eigenvalue weighted by molar-refractivity contribution is -0.118. The van der Waals surface area contributed by atoms with Gasteiger partial charge in [0, 0.05) is 7.05 Å². The lowest BCUT2D eigenvalue weighted by atomic mass is 10.0. The monoisotopic (exact) mass is 431 g/mol. The first-order valence-electron chi connectivity index (χ1n) is 10.2. The maximum Gasteiger partial charge on any atom is 0.262 e. The van der Waals surface area contributed by atoms with Gasteiger partial charge in [0.25, 0.3) is 11.8 Å². The van der Waals surface area contributed by atoms with Gasteiger partial charge in [-0.3, -0.25) is 14.3 Å². The topological polar surface area (TPSA) is 111 Å². The van der Waals surface area contributed by atoms with Gasteiger partial charge in [-0.25, -0.2) is 4.98 Å². The number of carbonyl (C=O) groups excluding carboxylic acids is 2. The number of hydrogen-bond acceptors (Lipinski definition) is 6. The number of ether oxygens (including phenoxy) is 1. The molecule has 1 aliphatic rings. The summed E-state index contributed by atoms with van der Waals surface area (Å²) < 4.78 is 12.6. The molecule has 0 saturated heterocycles. The Bertz CT molecular complexity index is 1360. The third-order valence-corrected chi connectivity index (χ3v) is 5.47. The molecular formula is C23H21N5O4. The molecule has 2 N–H and O–H groups in total. The number of pyridine rings is 1. The van der Waals surface area contributed by atoms with Gasteiger partial charge in [-0.2, -0.15) is 5.10 Å². The molecule has 9 heteroatoms. The molecule has 1 unspecified atom stereocenters. The smallest absolute Gasteiger partial charge is 0.262 e. The molecule has 9 nitrogen and oxygen atoms in total. The Morgan fingerprint density at radius 1 is 1.28 bits per heavy atom. The van der Waals surface area contributed by atoms with E-state index in [0.717, 1.165) is 5.56 Å². The zero-order chi connectivity index (χ0) is 22.4. The highest BCUT2D eigenvalue weighted by Gasteiger charge is 2.22. The van der Waals surface area contributed by atoms with Crippen LogP contribution in [0.3, 0.4) is 0 Å². The van der Waals surface area contributed by atoms with Crippen LogP contribution < -0.4 is 15.4 Å². The second-order valence-electron chi connectivity index (χ2n) is 7.73. The number of rotatable bonds is 4. The third-order valence-electron chi connectivity index (χ3n) is 5.47. The molecule has 3 aromatic heterocycles. The highest BCUT2D eigenvalue weighted by atomic mass is 16.5. The van der Waals surface area contributed by atoms with E-state index in [4.69, 9.17) is 9.15 Å². The van der Waals surface area contributed by atoms with Crippen LogP contribution in [0.2, 0.25) is 0 Å². The van der Waals surface area contributed by atoms with Gasteiger partial charge in [0.15, 0.2) is 18.0 Å². The van der Waals surface area contributed by atoms with Crippen LogP contribution in [0.25, 0.3) is 22.5 Å². The molecule has 0 saturated carbocycles. The maximum atomic E-state index is 13.4. The third kappa shape index (κ3) is 3.37. The number of aryl methyl sites for hydroxylation is 2. The molecule has 0 bridgehead atoms. The summed E-state index contributed by atoms with van der Waals surface area (Å²) in [5.74, 6) is 0.713. The van der Waals surface area contributed by atoms with Crippen LogP contribution in [-0.4, -0.2) is 33.2 Å². The fourth-order valence-corrected chi connectivity index (χ4v) is 3.90. The second-order valence-corrected chi connectivity index (χ2v) is 7.73. The van der Waals surface area contributed by atoms with Crippen molar-refractivity contribution in [2.24, 2.45) is 7.05 Å². The van der Waals surface area contributed by atoms with E-state index >= 15 is 0 Å². The lowest BCUT2D eigenvalue weighted by Crippen LogP contribution is -2.28. The molecule has 4 aromatic rings. The first kappa shape index (κ1) is 19.8. The van der Waals surface area contributed by atoms with Crippen LogP contribution >= 0.6 is 0 Å². The lowest BCUT2D eigenvalue weighted by Gasteiger charge is -2.21. The fraction of sp³-hybridized carbons (Fsp3) is 0.217. The van der Waals surface area contributed by atoms with Gasteiger partial charge in [0.2, 0.25) is 0 Å². The number of nitrogens with one attached hydrogen (secondary N) is 2. The molecule has 162 valence electrons. The summed E-state index contributed by atoms with van der Waals surface area (Å²) in [6.45, 7) is 3.73. The molecule has 1 atom stereocenters. The van der Waals surface area contributed by atoms with Crippen LogP contribution in [0.5, 0.6) is 5.75 Å². The normalized spacial score (nSPS) is 13.9. The van der Waals surface area contributed by atoms with Crippen molar-refractivity contribution < 1.29 is 18.7 Å². The fourth-order valence-electron chi connectivity index (χ4n) is 3.90. The minimum absolute atomic E-state index is 0.000851. The molecule has 4 heterocycles. The van der Waals surface area contributed by atoms with Crippen LogP contribution in [0, 0.1) is 6.92 Å². The van der Waals surface area contributed by atoms with Gasteiger partial charge in [-0.15, -0.1) is 0 Å². The van der Waals surface area contributed by atoms with Gasteiger partial charge in [-0.05, 0) is 49.7 Å². The zero-order valence-corrected chi connectivity index (χ0v) is 17.8. The summed E-state index contributed by atoms with van der Waals surface area (Å²) in [6.07, 6.45) is 1.57. The van der Waals surface area contributed by atoms with Crippen molar-refractivity contribution in [3.05, 3.63) is 59.5 Å². The highest BCUT2D eigenvalue weighted by Crippen LogP contribution is 2.31. The Morgan fingerprint density at radius 3 is 2.91 bits per heavy atom. The second kappa shape index (κ2) is 7.52. The predicted octanol–water partition coefficient (Wildman–Crippen LogP) is 3.36. The van der Waals surface area contributed by atoms with E-state index in [-0.39, 0.29) is 24.5 Å². The van der Waals surface area contributed by atoms with Crippen LogP contribution in [0.15, 0.2) is 47.1 Å². The van der Waals surface area contributed by atoms with E-state index in [0.29, 0.717) is 45.2 Å². The number of aromatic nitrogens is 3. The van der Waals surface area contributed by atoms with Crippen LogP contribution in [0.1, 0.15) is 34.6 Å². The van der Waals surface area contributed by atoms with Gasteiger partial charge in [-0.1, -0.05) is 6.07 Å². The largest absolute Gasteiger partial charge is 0.482 e. The summed E-state index contributed by atoms with van der Waals surface area (Å²) in [5.41, 5.74) is 3.76. The number of benzene rings is 1. The Morgan fingerprint density at radius 2 is 2.12 bits per heavy atom. The number of anilines is 1. The van der Waals surface area contributed by atoms with Crippen molar-refractivity contribution in [1.29, 1.82) is 0 Å². The Kier molecular flexibility index (Phi) is 4.66. The van der Waals surface area contributed by atoms with E-state index < -0.39 is 0 Å². The number of amides is 2. The molecule has 5 rings (SSSR count). The Balaban J connectivity index is 1.50. The van der Waals surface area contributed by atoms with Crippen molar-refractivity contribution in [1.82, 2.24) is 20.1 Å². The Labute approximate surface area is 183 Å². The SMILES string of the molecule is Cc1nn(C)c2nc(-c3ccco3)cc(C(=O)NC(C)c3ccc4c(c3)NC(=O)CO4)c12. The molecule has 2 amide bonds. The first-order valence-corrected chi connectivity index (χ1v) is 10.2. The summed E-state index contributed by atoms with van der Waals surface area (Å²) >= 11 is 0. The number of nitrogens with zero attached hydrogens (tertiary/aromatic N) is 3. The van der Waals surface area contributed by atoms with E-state index in [2.05, 4.69) is 20.7 Å². The Hall–Kier alpha value is -4.14. The van der Waals surface area contributed by atoms with Gasteiger partial charge in [0.1, 0.15) is 11.4 Å². The summed E-state index contributed by atoms with van der Waals surface area (Å²) in [6, 6.07) is 10.4. The maximum absolute atomic E-state index is 13.4. The van der Waals surface area contributed by atoms with Crippen LogP contribution in [-0.2, 0) is 11.8 Å². The molecule has 32 heavy (non-hydrogen) atoms. The zero-order valence-electron chi connectivity index (χ0n) is 17.8. The predicted molar refractivity (Wildman–Crippen MR) is 117 cm³/mol. The van der Waals surface area contributed by atoms with E-state index in [9.17, 15) is 9.59 Å². The number of carbonyl (C=O) groups is 2. The van der Waals surface area contributed by atoms with Crippen molar-refractivity contribution in [3.8, 4) is 17.2 Å². The quantitative estimate of drug-likeness (QED) is 0.513. The summed E-state index contributed by atoms with van der Waals surface area (Å²) in [7, 11) is 1.79. The summed E-state index contributed by atoms with van der Waals surface area (Å²) in [4.78, 5) is 29.6. The van der Waals surface area contributed by atoms with Crippen molar-refractivity contribution >= 4 is 28.5 Å². The first-order chi connectivity index (χ1) is 15.4. The highest BCUT2D eigenvalue weighted by molar-refractivity contribution is 6.07. The standard InChI is InChI=1S/C23H21N5O4/c1-12(14-6-7-19-16(9-14)25-20(29)11-32-19)24-23(30)15-10-17(18-5-4-8-31-18)26-22-21(15)13(2)27-28(22)3/h4-10,12H,11H2,1-3H3,(H,24,30)(H,25,29).